The number of sulfonamides is 1. The molecule has 0 saturated heterocycles. The SMILES string of the molecule is COCCC(C)(C)CNS(=O)(=O)Cc1cccc(CO)c1. The van der Waals surface area contributed by atoms with E-state index in [1.807, 2.05) is 13.8 Å². The van der Waals surface area contributed by atoms with Crippen molar-refractivity contribution < 1.29 is 18.3 Å². The molecule has 0 saturated carbocycles. The Morgan fingerprint density at radius 2 is 1.95 bits per heavy atom. The number of aliphatic hydroxyl groups is 1. The number of hydrogen-bond donors (Lipinski definition) is 2. The molecule has 1 aromatic carbocycles. The summed E-state index contributed by atoms with van der Waals surface area (Å²) >= 11 is 0. The summed E-state index contributed by atoms with van der Waals surface area (Å²) in [5.74, 6) is -0.0821. The van der Waals surface area contributed by atoms with Crippen molar-refractivity contribution in [2.75, 3.05) is 20.3 Å². The summed E-state index contributed by atoms with van der Waals surface area (Å²) in [7, 11) is -1.76. The van der Waals surface area contributed by atoms with Crippen LogP contribution in [-0.4, -0.2) is 33.8 Å². The van der Waals surface area contributed by atoms with Crippen LogP contribution in [-0.2, 0) is 27.1 Å². The maximum atomic E-state index is 12.1. The van der Waals surface area contributed by atoms with Crippen molar-refractivity contribution in [2.45, 2.75) is 32.6 Å². The van der Waals surface area contributed by atoms with Crippen molar-refractivity contribution in [3.63, 3.8) is 0 Å². The lowest BCUT2D eigenvalue weighted by Gasteiger charge is -2.24. The van der Waals surface area contributed by atoms with Crippen molar-refractivity contribution >= 4 is 10.0 Å². The van der Waals surface area contributed by atoms with Crippen LogP contribution < -0.4 is 4.72 Å². The Labute approximate surface area is 127 Å². The van der Waals surface area contributed by atoms with Crippen molar-refractivity contribution in [1.29, 1.82) is 0 Å². The fraction of sp³-hybridized carbons (Fsp3) is 0.600. The molecule has 0 aromatic heterocycles. The van der Waals surface area contributed by atoms with Gasteiger partial charge in [-0.3, -0.25) is 0 Å². The first-order chi connectivity index (χ1) is 9.78. The zero-order valence-corrected chi connectivity index (χ0v) is 13.7. The molecule has 0 heterocycles. The summed E-state index contributed by atoms with van der Waals surface area (Å²) < 4.78 is 31.9. The Balaban J connectivity index is 2.61. The molecule has 1 aromatic rings. The molecule has 0 unspecified atom stereocenters. The number of benzene rings is 1. The van der Waals surface area contributed by atoms with Gasteiger partial charge in [0.05, 0.1) is 12.4 Å². The van der Waals surface area contributed by atoms with Gasteiger partial charge in [-0.05, 0) is 23.0 Å². The van der Waals surface area contributed by atoms with Crippen LogP contribution in [0.2, 0.25) is 0 Å². The highest BCUT2D eigenvalue weighted by Gasteiger charge is 2.21. The van der Waals surface area contributed by atoms with E-state index < -0.39 is 10.0 Å². The second-order valence-electron chi connectivity index (χ2n) is 5.97. The summed E-state index contributed by atoms with van der Waals surface area (Å²) in [6.07, 6.45) is 0.784. The quantitative estimate of drug-likeness (QED) is 0.727. The minimum atomic E-state index is -3.39. The molecule has 120 valence electrons. The van der Waals surface area contributed by atoms with E-state index in [0.717, 1.165) is 6.42 Å². The number of hydrogen-bond acceptors (Lipinski definition) is 4. The van der Waals surface area contributed by atoms with E-state index >= 15 is 0 Å². The van der Waals surface area contributed by atoms with Crippen LogP contribution in [0.4, 0.5) is 0 Å². The minimum absolute atomic E-state index is 0.0821. The summed E-state index contributed by atoms with van der Waals surface area (Å²) in [6.45, 7) is 4.89. The third kappa shape index (κ3) is 7.04. The molecule has 21 heavy (non-hydrogen) atoms. The zero-order chi connectivity index (χ0) is 15.9. The molecule has 0 aliphatic rings. The number of ether oxygens (including phenoxy) is 1. The molecule has 0 aliphatic heterocycles. The van der Waals surface area contributed by atoms with E-state index in [1.54, 1.807) is 31.4 Å². The average molecular weight is 315 g/mol. The topological polar surface area (TPSA) is 75.6 Å². The summed E-state index contributed by atoms with van der Waals surface area (Å²) in [5.41, 5.74) is 1.22. The van der Waals surface area contributed by atoms with Crippen molar-refractivity contribution in [3.8, 4) is 0 Å². The molecule has 0 amide bonds. The highest BCUT2D eigenvalue weighted by molar-refractivity contribution is 7.88. The van der Waals surface area contributed by atoms with Gasteiger partial charge in [0.2, 0.25) is 10.0 Å². The zero-order valence-electron chi connectivity index (χ0n) is 12.9. The highest BCUT2D eigenvalue weighted by atomic mass is 32.2. The van der Waals surface area contributed by atoms with Crippen molar-refractivity contribution in [1.82, 2.24) is 4.72 Å². The minimum Gasteiger partial charge on any atom is -0.392 e. The lowest BCUT2D eigenvalue weighted by Crippen LogP contribution is -2.35. The van der Waals surface area contributed by atoms with Gasteiger partial charge in [-0.2, -0.15) is 0 Å². The van der Waals surface area contributed by atoms with Gasteiger partial charge in [0.1, 0.15) is 0 Å². The standard InChI is InChI=1S/C15H25NO4S/c1-15(2,7-8-20-3)12-16-21(18,19)11-14-6-4-5-13(9-14)10-17/h4-6,9,16-17H,7-8,10-12H2,1-3H3. The molecule has 1 rings (SSSR count). The fourth-order valence-electron chi connectivity index (χ4n) is 1.86. The lowest BCUT2D eigenvalue weighted by atomic mass is 9.90. The van der Waals surface area contributed by atoms with Gasteiger partial charge in [0.25, 0.3) is 0 Å². The number of methoxy groups -OCH3 is 1. The molecule has 0 fully saturated rings. The summed E-state index contributed by atoms with van der Waals surface area (Å²) in [5, 5.41) is 9.08. The van der Waals surface area contributed by atoms with Crippen LogP contribution in [0.25, 0.3) is 0 Å². The van der Waals surface area contributed by atoms with E-state index in [0.29, 0.717) is 24.3 Å². The maximum absolute atomic E-state index is 12.1. The van der Waals surface area contributed by atoms with Crippen molar-refractivity contribution in [2.24, 2.45) is 5.41 Å². The van der Waals surface area contributed by atoms with Gasteiger partial charge in [-0.25, -0.2) is 13.1 Å². The Morgan fingerprint density at radius 3 is 2.57 bits per heavy atom. The van der Waals surface area contributed by atoms with Crippen LogP contribution in [0.3, 0.4) is 0 Å². The predicted octanol–water partition coefficient (Wildman–Crippen LogP) is 1.66. The summed E-state index contributed by atoms with van der Waals surface area (Å²) in [6, 6.07) is 6.96. The van der Waals surface area contributed by atoms with Crippen molar-refractivity contribution in [3.05, 3.63) is 35.4 Å². The predicted molar refractivity (Wildman–Crippen MR) is 83.3 cm³/mol. The van der Waals surface area contributed by atoms with Crippen LogP contribution in [0, 0.1) is 5.41 Å². The average Bonchev–Trinajstić information content (AvgIpc) is 2.43. The van der Waals surface area contributed by atoms with Crippen LogP contribution in [0.15, 0.2) is 24.3 Å². The smallest absolute Gasteiger partial charge is 0.215 e. The molecular weight excluding hydrogens is 290 g/mol. The first-order valence-electron chi connectivity index (χ1n) is 6.93. The van der Waals surface area contributed by atoms with E-state index in [1.165, 1.54) is 0 Å². The lowest BCUT2D eigenvalue weighted by molar-refractivity contribution is 0.153. The van der Waals surface area contributed by atoms with Gasteiger partial charge in [0, 0.05) is 20.3 Å². The molecule has 0 bridgehead atoms. The number of rotatable bonds is 9. The maximum Gasteiger partial charge on any atom is 0.215 e. The highest BCUT2D eigenvalue weighted by Crippen LogP contribution is 2.19. The fourth-order valence-corrected chi connectivity index (χ4v) is 3.19. The molecule has 6 heteroatoms. The van der Waals surface area contributed by atoms with E-state index in [4.69, 9.17) is 9.84 Å². The monoisotopic (exact) mass is 315 g/mol. The molecule has 0 spiro atoms. The molecule has 2 N–H and O–H groups in total. The largest absolute Gasteiger partial charge is 0.392 e. The normalized spacial score (nSPS) is 12.6. The molecule has 0 radical (unpaired) electrons. The molecule has 5 nitrogen and oxygen atoms in total. The van der Waals surface area contributed by atoms with E-state index in [9.17, 15) is 8.42 Å². The summed E-state index contributed by atoms with van der Waals surface area (Å²) in [4.78, 5) is 0. The Morgan fingerprint density at radius 1 is 1.29 bits per heavy atom. The van der Waals surface area contributed by atoms with Gasteiger partial charge in [-0.15, -0.1) is 0 Å². The number of aliphatic hydroxyl groups excluding tert-OH is 1. The van der Waals surface area contributed by atoms with Crippen LogP contribution in [0.5, 0.6) is 0 Å². The van der Waals surface area contributed by atoms with E-state index in [2.05, 4.69) is 4.72 Å². The van der Waals surface area contributed by atoms with Gasteiger partial charge >= 0.3 is 0 Å². The number of nitrogens with one attached hydrogen (secondary N) is 1. The third-order valence-electron chi connectivity index (χ3n) is 3.28. The Kier molecular flexibility index (Phi) is 6.80. The van der Waals surface area contributed by atoms with Gasteiger partial charge < -0.3 is 9.84 Å². The molecule has 0 atom stereocenters. The van der Waals surface area contributed by atoms with Gasteiger partial charge in [0.15, 0.2) is 0 Å². The third-order valence-corrected chi connectivity index (χ3v) is 4.58. The first kappa shape index (κ1) is 18.1. The first-order valence-corrected chi connectivity index (χ1v) is 8.58. The Hall–Kier alpha value is -0.950. The van der Waals surface area contributed by atoms with E-state index in [-0.39, 0.29) is 17.8 Å². The molecular formula is C15H25NO4S. The second-order valence-corrected chi connectivity index (χ2v) is 7.77. The van der Waals surface area contributed by atoms with Crippen LogP contribution >= 0.6 is 0 Å². The van der Waals surface area contributed by atoms with Gasteiger partial charge in [-0.1, -0.05) is 38.1 Å². The van der Waals surface area contributed by atoms with Crippen LogP contribution in [0.1, 0.15) is 31.4 Å². The molecule has 0 aliphatic carbocycles. The Bertz CT molecular complexity index is 540. The second kappa shape index (κ2) is 7.89.